The minimum atomic E-state index is -0.112. The second-order valence-corrected chi connectivity index (χ2v) is 6.89. The Bertz CT molecular complexity index is 645. The van der Waals surface area contributed by atoms with Crippen LogP contribution in [-0.2, 0) is 11.2 Å². The number of hydrogen-bond acceptors (Lipinski definition) is 5. The van der Waals surface area contributed by atoms with E-state index in [4.69, 9.17) is 16.3 Å². The summed E-state index contributed by atoms with van der Waals surface area (Å²) in [6, 6.07) is 2.16. The van der Waals surface area contributed by atoms with Crippen molar-refractivity contribution in [2.24, 2.45) is 0 Å². The lowest BCUT2D eigenvalue weighted by atomic mass is 9.94. The van der Waals surface area contributed by atoms with Crippen LogP contribution in [0.4, 0.5) is 5.82 Å². The van der Waals surface area contributed by atoms with E-state index in [2.05, 4.69) is 42.1 Å². The van der Waals surface area contributed by atoms with E-state index in [0.29, 0.717) is 5.28 Å². The number of halogens is 1. The number of nitrogens with zero attached hydrogens (tertiary/aromatic N) is 2. The lowest BCUT2D eigenvalue weighted by Crippen LogP contribution is -2.41. The molecule has 6 heteroatoms. The molecule has 1 fully saturated rings. The van der Waals surface area contributed by atoms with Crippen LogP contribution in [0.5, 0.6) is 0 Å². The van der Waals surface area contributed by atoms with Crippen LogP contribution in [0.15, 0.2) is 6.07 Å². The van der Waals surface area contributed by atoms with Crippen molar-refractivity contribution in [2.45, 2.75) is 45.3 Å². The zero-order valence-corrected chi connectivity index (χ0v) is 13.4. The number of nitrogens with one attached hydrogen (secondary N) is 1. The van der Waals surface area contributed by atoms with Gasteiger partial charge in [0.2, 0.25) is 5.28 Å². The Morgan fingerprint density at radius 2 is 2.35 bits per heavy atom. The molecule has 0 saturated carbocycles. The highest BCUT2D eigenvalue weighted by Gasteiger charge is 2.37. The molecule has 1 aliphatic heterocycles. The molecule has 3 rings (SSSR count). The maximum absolute atomic E-state index is 6.06. The van der Waals surface area contributed by atoms with Crippen molar-refractivity contribution in [2.75, 3.05) is 11.9 Å². The van der Waals surface area contributed by atoms with Gasteiger partial charge in [0.15, 0.2) is 0 Å². The maximum atomic E-state index is 6.06. The average molecular weight is 312 g/mol. The van der Waals surface area contributed by atoms with E-state index >= 15 is 0 Å². The van der Waals surface area contributed by atoms with Crippen LogP contribution in [0.25, 0.3) is 10.2 Å². The van der Waals surface area contributed by atoms with Crippen molar-refractivity contribution >= 4 is 39.0 Å². The molecule has 0 amide bonds. The van der Waals surface area contributed by atoms with E-state index in [9.17, 15) is 0 Å². The van der Waals surface area contributed by atoms with Crippen LogP contribution in [0.3, 0.4) is 0 Å². The number of thiophene rings is 1. The summed E-state index contributed by atoms with van der Waals surface area (Å²) in [4.78, 5) is 10.9. The maximum Gasteiger partial charge on any atom is 0.225 e. The minimum Gasteiger partial charge on any atom is -0.376 e. The summed E-state index contributed by atoms with van der Waals surface area (Å²) >= 11 is 7.73. The van der Waals surface area contributed by atoms with Crippen LogP contribution in [0.2, 0.25) is 5.28 Å². The third-order valence-electron chi connectivity index (χ3n) is 4.06. The van der Waals surface area contributed by atoms with Gasteiger partial charge in [-0.3, -0.25) is 0 Å². The first-order valence-corrected chi connectivity index (χ1v) is 8.07. The van der Waals surface area contributed by atoms with Gasteiger partial charge in [-0.25, -0.2) is 9.97 Å². The fourth-order valence-corrected chi connectivity index (χ4v) is 3.67. The minimum absolute atomic E-state index is 0.112. The molecular formula is C14H18ClN3OS. The Morgan fingerprint density at radius 3 is 3.00 bits per heavy atom. The molecule has 1 N–H and O–H groups in total. The van der Waals surface area contributed by atoms with Crippen LogP contribution in [-0.4, -0.2) is 28.2 Å². The molecule has 2 atom stereocenters. The summed E-state index contributed by atoms with van der Waals surface area (Å²) in [6.07, 6.45) is 2.10. The van der Waals surface area contributed by atoms with Crippen LogP contribution in [0, 0.1) is 0 Å². The first-order valence-electron chi connectivity index (χ1n) is 6.87. The monoisotopic (exact) mass is 311 g/mol. The van der Waals surface area contributed by atoms with Gasteiger partial charge in [0.1, 0.15) is 10.6 Å². The predicted molar refractivity (Wildman–Crippen MR) is 83.9 cm³/mol. The highest BCUT2D eigenvalue weighted by atomic mass is 35.5. The standard InChI is InChI=1S/C14H18ClN3OS/c1-4-9-7-10-11(16-13(15)17-12(10)20-9)18-14(3)5-6-19-8(14)2/h7-8H,4-6H2,1-3H3,(H,16,17,18). The number of ether oxygens (including phenoxy) is 1. The second-order valence-electron chi connectivity index (χ2n) is 5.43. The molecular weight excluding hydrogens is 294 g/mol. The summed E-state index contributed by atoms with van der Waals surface area (Å²) < 4.78 is 5.67. The van der Waals surface area contributed by atoms with E-state index in [0.717, 1.165) is 35.5 Å². The number of hydrogen-bond donors (Lipinski definition) is 1. The molecule has 1 aliphatic rings. The lowest BCUT2D eigenvalue weighted by molar-refractivity contribution is 0.105. The highest BCUT2D eigenvalue weighted by Crippen LogP contribution is 2.35. The van der Waals surface area contributed by atoms with Crippen LogP contribution >= 0.6 is 22.9 Å². The number of fused-ring (bicyclic) bond motifs is 1. The average Bonchev–Trinajstić information content (AvgIpc) is 2.94. The van der Waals surface area contributed by atoms with Gasteiger partial charge in [-0.05, 0) is 44.4 Å². The molecule has 20 heavy (non-hydrogen) atoms. The summed E-state index contributed by atoms with van der Waals surface area (Å²) in [7, 11) is 0. The fraction of sp³-hybridized carbons (Fsp3) is 0.571. The van der Waals surface area contributed by atoms with Gasteiger partial charge in [-0.1, -0.05) is 6.92 Å². The second kappa shape index (κ2) is 5.13. The number of rotatable bonds is 3. The molecule has 0 radical (unpaired) electrons. The van der Waals surface area contributed by atoms with Crippen molar-refractivity contribution < 1.29 is 4.74 Å². The van der Waals surface area contributed by atoms with Gasteiger partial charge in [0.25, 0.3) is 0 Å². The highest BCUT2D eigenvalue weighted by molar-refractivity contribution is 7.18. The van der Waals surface area contributed by atoms with Crippen molar-refractivity contribution in [3.05, 3.63) is 16.2 Å². The largest absolute Gasteiger partial charge is 0.376 e. The Morgan fingerprint density at radius 1 is 1.55 bits per heavy atom. The fourth-order valence-electron chi connectivity index (χ4n) is 2.48. The normalized spacial score (nSPS) is 26.3. The van der Waals surface area contributed by atoms with Gasteiger partial charge in [-0.2, -0.15) is 0 Å². The van der Waals surface area contributed by atoms with Gasteiger partial charge in [0.05, 0.1) is 17.0 Å². The van der Waals surface area contributed by atoms with E-state index < -0.39 is 0 Å². The van der Waals surface area contributed by atoms with Crippen molar-refractivity contribution in [3.8, 4) is 0 Å². The summed E-state index contributed by atoms with van der Waals surface area (Å²) in [5, 5.41) is 4.88. The molecule has 0 spiro atoms. The van der Waals surface area contributed by atoms with Crippen molar-refractivity contribution in [1.29, 1.82) is 0 Å². The molecule has 1 saturated heterocycles. The van der Waals surface area contributed by atoms with Gasteiger partial charge < -0.3 is 10.1 Å². The van der Waals surface area contributed by atoms with Gasteiger partial charge >= 0.3 is 0 Å². The van der Waals surface area contributed by atoms with Crippen molar-refractivity contribution in [1.82, 2.24) is 9.97 Å². The topological polar surface area (TPSA) is 47.0 Å². The molecule has 2 unspecified atom stereocenters. The third-order valence-corrected chi connectivity index (χ3v) is 5.40. The number of aromatic nitrogens is 2. The predicted octanol–water partition coefficient (Wildman–Crippen LogP) is 3.89. The molecule has 108 valence electrons. The zero-order chi connectivity index (χ0) is 14.3. The zero-order valence-electron chi connectivity index (χ0n) is 11.9. The van der Waals surface area contributed by atoms with Gasteiger partial charge in [0, 0.05) is 11.5 Å². The smallest absolute Gasteiger partial charge is 0.225 e. The van der Waals surface area contributed by atoms with E-state index in [1.165, 1.54) is 4.88 Å². The quantitative estimate of drug-likeness (QED) is 0.874. The Kier molecular flexibility index (Phi) is 3.60. The molecule has 0 aromatic carbocycles. The molecule has 2 aromatic rings. The number of anilines is 1. The first kappa shape index (κ1) is 14.0. The van der Waals surface area contributed by atoms with Crippen LogP contribution < -0.4 is 5.32 Å². The molecule has 2 aromatic heterocycles. The van der Waals surface area contributed by atoms with E-state index in [-0.39, 0.29) is 11.6 Å². The van der Waals surface area contributed by atoms with E-state index in [1.54, 1.807) is 11.3 Å². The summed E-state index contributed by atoms with van der Waals surface area (Å²) in [5.41, 5.74) is -0.112. The van der Waals surface area contributed by atoms with Crippen LogP contribution in [0.1, 0.15) is 32.1 Å². The SMILES string of the molecule is CCc1cc2c(NC3(C)CCOC3C)nc(Cl)nc2s1. The molecule has 0 bridgehead atoms. The first-order chi connectivity index (χ1) is 9.51. The van der Waals surface area contributed by atoms with E-state index in [1.807, 2.05) is 0 Å². The molecule has 0 aliphatic carbocycles. The summed E-state index contributed by atoms with van der Waals surface area (Å²) in [6.45, 7) is 7.17. The molecule has 3 heterocycles. The Labute approximate surface area is 127 Å². The summed E-state index contributed by atoms with van der Waals surface area (Å²) in [5.74, 6) is 0.816. The Balaban J connectivity index is 2.04. The van der Waals surface area contributed by atoms with Crippen molar-refractivity contribution in [3.63, 3.8) is 0 Å². The Hall–Kier alpha value is -0.910. The molecule has 4 nitrogen and oxygen atoms in total. The van der Waals surface area contributed by atoms with Gasteiger partial charge in [-0.15, -0.1) is 11.3 Å². The lowest BCUT2D eigenvalue weighted by Gasteiger charge is -2.29. The third kappa shape index (κ3) is 2.38. The number of aryl methyl sites for hydroxylation is 1.